The summed E-state index contributed by atoms with van der Waals surface area (Å²) in [4.78, 5) is 54.9. The second-order valence-corrected chi connectivity index (χ2v) is 15.8. The monoisotopic (exact) mass is 792 g/mol. The molecule has 3 aliphatic rings. The average molecular weight is 793 g/mol. The molecule has 1 N–H and O–H groups in total. The van der Waals surface area contributed by atoms with Crippen LogP contribution in [0.1, 0.15) is 53.0 Å². The number of aryl methyl sites for hydroxylation is 2. The summed E-state index contributed by atoms with van der Waals surface area (Å²) in [7, 11) is 5.28. The molecule has 0 aliphatic carbocycles. The summed E-state index contributed by atoms with van der Waals surface area (Å²) in [6.45, 7) is 3.07. The van der Waals surface area contributed by atoms with E-state index in [1.54, 1.807) is 77.0 Å². The van der Waals surface area contributed by atoms with Crippen LogP contribution in [0, 0.1) is 0 Å². The smallest absolute Gasteiger partial charge is 0.274 e. The van der Waals surface area contributed by atoms with E-state index >= 15 is 0 Å². The minimum Gasteiger partial charge on any atom is -0.495 e. The third-order valence-corrected chi connectivity index (χ3v) is 12.4. The number of carbonyl (C=O) groups is 2. The third kappa shape index (κ3) is 6.47. The molecule has 278 valence electrons. The number of ether oxygens (including phenoxy) is 1. The number of thiophene rings is 2. The zero-order chi connectivity index (χ0) is 37.8. The van der Waals surface area contributed by atoms with Gasteiger partial charge in [-0.1, -0.05) is 11.6 Å². The lowest BCUT2D eigenvalue weighted by Crippen LogP contribution is -2.35. The molecule has 2 amide bonds. The highest BCUT2D eigenvalue weighted by Gasteiger charge is 2.29. The van der Waals surface area contributed by atoms with E-state index < -0.39 is 0 Å². The van der Waals surface area contributed by atoms with Gasteiger partial charge in [0.25, 0.3) is 11.8 Å². The molecule has 3 aliphatic heterocycles. The van der Waals surface area contributed by atoms with Crippen molar-refractivity contribution in [2.75, 3.05) is 25.5 Å². The molecule has 55 heavy (non-hydrogen) atoms. The van der Waals surface area contributed by atoms with Crippen LogP contribution in [0.25, 0.3) is 20.4 Å². The van der Waals surface area contributed by atoms with Crippen molar-refractivity contribution < 1.29 is 14.3 Å². The first-order valence-electron chi connectivity index (χ1n) is 17.5. The van der Waals surface area contributed by atoms with Crippen molar-refractivity contribution in [2.45, 2.75) is 32.5 Å². The zero-order valence-corrected chi connectivity index (χ0v) is 32.4. The number of carbonyl (C=O) groups excluding carboxylic acids is 2. The molecule has 10 rings (SSSR count). The number of nitrogens with one attached hydrogen (secondary N) is 1. The molecule has 0 saturated heterocycles. The van der Waals surface area contributed by atoms with E-state index in [0.29, 0.717) is 49.3 Å². The van der Waals surface area contributed by atoms with Crippen molar-refractivity contribution in [1.29, 1.82) is 0 Å². The van der Waals surface area contributed by atoms with Crippen LogP contribution in [0.2, 0.25) is 5.15 Å². The first kappa shape index (κ1) is 35.0. The molecule has 1 aromatic carbocycles. The SMILES string of the molecule is COc1cc2c(cc1Nc1ncnc3sc4c(c13)CCN(C(=O)c1ccn(C)n1)C4)C=NC2.Cn1ccc(C(=O)N2CCc3c(sc4ncnc(Cl)c34)C2)n1. The van der Waals surface area contributed by atoms with Gasteiger partial charge in [-0.05, 0) is 59.4 Å². The van der Waals surface area contributed by atoms with E-state index in [2.05, 4.69) is 40.4 Å². The number of fused-ring (bicyclic) bond motifs is 7. The van der Waals surface area contributed by atoms with Crippen LogP contribution in [-0.4, -0.2) is 87.5 Å². The molecule has 15 nitrogen and oxygen atoms in total. The lowest BCUT2D eigenvalue weighted by atomic mass is 10.0. The number of rotatable bonds is 5. The molecule has 6 aromatic heterocycles. The maximum absolute atomic E-state index is 12.9. The average Bonchev–Trinajstić information content (AvgIpc) is 4.04. The molecule has 0 radical (unpaired) electrons. The van der Waals surface area contributed by atoms with Gasteiger partial charge in [-0.3, -0.25) is 23.9 Å². The van der Waals surface area contributed by atoms with E-state index in [4.69, 9.17) is 16.3 Å². The maximum Gasteiger partial charge on any atom is 0.274 e. The second-order valence-electron chi connectivity index (χ2n) is 13.3. The lowest BCUT2D eigenvalue weighted by molar-refractivity contribution is 0.0723. The summed E-state index contributed by atoms with van der Waals surface area (Å²) in [6, 6.07) is 7.56. The highest BCUT2D eigenvalue weighted by Crippen LogP contribution is 2.40. The fourth-order valence-electron chi connectivity index (χ4n) is 7.17. The summed E-state index contributed by atoms with van der Waals surface area (Å²) < 4.78 is 8.91. The molecule has 0 unspecified atom stereocenters. The Kier molecular flexibility index (Phi) is 8.98. The van der Waals surface area contributed by atoms with Gasteiger partial charge in [0.05, 0.1) is 43.2 Å². The van der Waals surface area contributed by atoms with Crippen molar-refractivity contribution in [2.24, 2.45) is 19.1 Å². The Morgan fingerprint density at radius 3 is 2.02 bits per heavy atom. The zero-order valence-electron chi connectivity index (χ0n) is 30.0. The topological polar surface area (TPSA) is 161 Å². The second kappa shape index (κ2) is 14.1. The van der Waals surface area contributed by atoms with Gasteiger partial charge in [-0.15, -0.1) is 22.7 Å². The summed E-state index contributed by atoms with van der Waals surface area (Å²) in [5.74, 6) is 1.41. The highest BCUT2D eigenvalue weighted by molar-refractivity contribution is 7.19. The Labute approximate surface area is 327 Å². The number of nitrogens with zero attached hydrogens (tertiary/aromatic N) is 11. The van der Waals surface area contributed by atoms with Crippen LogP contribution >= 0.6 is 34.3 Å². The van der Waals surface area contributed by atoms with Crippen molar-refractivity contribution in [3.63, 3.8) is 0 Å². The minimum atomic E-state index is -0.0484. The molecular weight excluding hydrogens is 760 g/mol. The number of aliphatic imine (C=N–C) groups is 1. The maximum atomic E-state index is 12.9. The quantitative estimate of drug-likeness (QED) is 0.218. The third-order valence-electron chi connectivity index (χ3n) is 9.87. The van der Waals surface area contributed by atoms with Crippen LogP contribution in [0.4, 0.5) is 11.5 Å². The number of amides is 2. The fraction of sp³-hybridized carbons (Fsp3) is 0.270. The van der Waals surface area contributed by atoms with E-state index in [9.17, 15) is 9.59 Å². The van der Waals surface area contributed by atoms with Gasteiger partial charge in [-0.25, -0.2) is 19.9 Å². The van der Waals surface area contributed by atoms with Crippen LogP contribution in [0.5, 0.6) is 5.75 Å². The lowest BCUT2D eigenvalue weighted by Gasteiger charge is -2.26. The van der Waals surface area contributed by atoms with Crippen molar-refractivity contribution in [3.05, 3.63) is 97.9 Å². The molecule has 18 heteroatoms. The number of hydrogen-bond donors (Lipinski definition) is 1. The van der Waals surface area contributed by atoms with Gasteiger partial charge < -0.3 is 19.9 Å². The number of halogens is 1. The Morgan fingerprint density at radius 1 is 0.818 bits per heavy atom. The molecule has 0 bridgehead atoms. The van der Waals surface area contributed by atoms with E-state index in [-0.39, 0.29) is 11.8 Å². The molecule has 9 heterocycles. The van der Waals surface area contributed by atoms with Gasteiger partial charge in [0.2, 0.25) is 0 Å². The number of anilines is 2. The van der Waals surface area contributed by atoms with E-state index in [1.807, 2.05) is 35.2 Å². The predicted molar refractivity (Wildman–Crippen MR) is 211 cm³/mol. The Morgan fingerprint density at radius 2 is 1.42 bits per heavy atom. The highest BCUT2D eigenvalue weighted by atomic mass is 35.5. The summed E-state index contributed by atoms with van der Waals surface area (Å²) in [6.07, 6.45) is 10.0. The van der Waals surface area contributed by atoms with Gasteiger partial charge in [0.15, 0.2) is 0 Å². The Hall–Kier alpha value is -5.78. The molecule has 0 spiro atoms. The van der Waals surface area contributed by atoms with Crippen molar-refractivity contribution in [3.8, 4) is 5.75 Å². The molecular formula is C37H33ClN12O3S2. The van der Waals surface area contributed by atoms with Crippen LogP contribution in [0.15, 0.2) is 54.3 Å². The molecule has 0 fully saturated rings. The first-order valence-corrected chi connectivity index (χ1v) is 19.5. The van der Waals surface area contributed by atoms with Gasteiger partial charge in [-0.2, -0.15) is 10.2 Å². The Bertz CT molecular complexity index is 2680. The standard InChI is InChI=1S/C23H21N7O2S.C14H12ClN5OS/c1-29-5-4-16(28-29)23(31)30-6-3-15-19(11-30)33-22-20(15)21(25-12-26-22)27-17-7-13-9-24-10-14(13)8-18(17)32-2;1-19-4-3-9(18-19)14(21)20-5-2-8-10(6-20)22-13-11(8)12(15)16-7-17-13/h4-5,7-9,12H,3,6,10-11H2,1-2H3,(H,25,26,27);3-4,7H,2,5-6H2,1H3. The number of hydrogen-bond acceptors (Lipinski definition) is 13. The largest absolute Gasteiger partial charge is 0.495 e. The van der Waals surface area contributed by atoms with Gasteiger partial charge >= 0.3 is 0 Å². The molecule has 0 atom stereocenters. The van der Waals surface area contributed by atoms with Crippen molar-refractivity contribution in [1.82, 2.24) is 49.3 Å². The minimum absolute atomic E-state index is 0.0408. The fourth-order valence-corrected chi connectivity index (χ4v) is 9.88. The summed E-state index contributed by atoms with van der Waals surface area (Å²) in [5.41, 5.74) is 6.39. The van der Waals surface area contributed by atoms with Crippen LogP contribution in [0.3, 0.4) is 0 Å². The summed E-state index contributed by atoms with van der Waals surface area (Å²) in [5, 5.41) is 14.4. The molecule has 7 aromatic rings. The summed E-state index contributed by atoms with van der Waals surface area (Å²) >= 11 is 9.39. The van der Waals surface area contributed by atoms with Gasteiger partial charge in [0, 0.05) is 55.5 Å². The number of benzene rings is 1. The van der Waals surface area contributed by atoms with Crippen molar-refractivity contribution >= 4 is 84.2 Å². The van der Waals surface area contributed by atoms with Gasteiger partial charge in [0.1, 0.15) is 50.4 Å². The van der Waals surface area contributed by atoms with E-state index in [0.717, 1.165) is 71.4 Å². The number of methoxy groups -OCH3 is 1. The number of aromatic nitrogens is 8. The predicted octanol–water partition coefficient (Wildman–Crippen LogP) is 5.58. The van der Waals surface area contributed by atoms with Crippen LogP contribution in [-0.2, 0) is 46.6 Å². The van der Waals surface area contributed by atoms with E-state index in [1.165, 1.54) is 17.5 Å². The first-order chi connectivity index (χ1) is 26.7. The molecule has 0 saturated carbocycles. The van der Waals surface area contributed by atoms with Crippen LogP contribution < -0.4 is 10.1 Å². The normalized spacial score (nSPS) is 14.4. The Balaban J connectivity index is 0.000000157.